The molecule has 0 heterocycles. The van der Waals surface area contributed by atoms with Crippen molar-refractivity contribution in [1.82, 2.24) is 10.6 Å². The van der Waals surface area contributed by atoms with Gasteiger partial charge in [0.2, 0.25) is 0 Å². The van der Waals surface area contributed by atoms with E-state index in [-0.39, 0.29) is 24.0 Å². The maximum atomic E-state index is 5.37. The summed E-state index contributed by atoms with van der Waals surface area (Å²) in [6.07, 6.45) is 0.812. The zero-order valence-electron chi connectivity index (χ0n) is 14.3. The van der Waals surface area contributed by atoms with Gasteiger partial charge in [-0.2, -0.15) is 0 Å². The second kappa shape index (κ2) is 13.2. The molecular weight excluding hydrogens is 409 g/mol. The Balaban J connectivity index is 0.00000484. The summed E-state index contributed by atoms with van der Waals surface area (Å²) in [7, 11) is 5.09. The van der Waals surface area contributed by atoms with E-state index in [0.717, 1.165) is 49.1 Å². The molecule has 0 spiro atoms. The standard InChI is InChI=1S/C16H27N3O3.HI/c1-5-22-11-10-19-16(17-2)18-9-8-13-12-14(20-3)6-7-15(13)21-4;/h6-7,12H,5,8-11H2,1-4H3,(H2,17,18,19);1H. The average Bonchev–Trinajstić information content (AvgIpc) is 2.56. The molecule has 0 aliphatic heterocycles. The fourth-order valence-electron chi connectivity index (χ4n) is 2.00. The van der Waals surface area contributed by atoms with Gasteiger partial charge in [-0.05, 0) is 37.1 Å². The van der Waals surface area contributed by atoms with Crippen LogP contribution in [-0.2, 0) is 11.2 Å². The molecule has 132 valence electrons. The van der Waals surface area contributed by atoms with Gasteiger partial charge in [0, 0.05) is 26.7 Å². The van der Waals surface area contributed by atoms with Gasteiger partial charge in [0.1, 0.15) is 11.5 Å². The zero-order valence-corrected chi connectivity index (χ0v) is 16.7. The molecule has 1 rings (SSSR count). The molecule has 0 saturated carbocycles. The van der Waals surface area contributed by atoms with Crippen molar-refractivity contribution in [3.05, 3.63) is 23.8 Å². The van der Waals surface area contributed by atoms with Gasteiger partial charge in [-0.1, -0.05) is 0 Å². The number of hydrogen-bond donors (Lipinski definition) is 2. The molecular formula is C16H28IN3O3. The van der Waals surface area contributed by atoms with Gasteiger partial charge in [0.05, 0.1) is 20.8 Å². The lowest BCUT2D eigenvalue weighted by Gasteiger charge is -2.13. The Labute approximate surface area is 156 Å². The predicted octanol–water partition coefficient (Wildman–Crippen LogP) is 2.07. The second-order valence-corrected chi connectivity index (χ2v) is 4.55. The Kier molecular flexibility index (Phi) is 12.5. The third kappa shape index (κ3) is 8.26. The van der Waals surface area contributed by atoms with Gasteiger partial charge < -0.3 is 24.8 Å². The topological polar surface area (TPSA) is 64.1 Å². The first kappa shape index (κ1) is 21.8. The number of guanidine groups is 1. The van der Waals surface area contributed by atoms with Crippen LogP contribution < -0.4 is 20.1 Å². The van der Waals surface area contributed by atoms with E-state index in [9.17, 15) is 0 Å². The third-order valence-electron chi connectivity index (χ3n) is 3.14. The number of hydrogen-bond acceptors (Lipinski definition) is 4. The van der Waals surface area contributed by atoms with Crippen molar-refractivity contribution < 1.29 is 14.2 Å². The van der Waals surface area contributed by atoms with E-state index in [0.29, 0.717) is 6.61 Å². The Hall–Kier alpha value is -1.22. The molecule has 2 N–H and O–H groups in total. The summed E-state index contributed by atoms with van der Waals surface area (Å²) in [5.41, 5.74) is 1.10. The van der Waals surface area contributed by atoms with E-state index < -0.39 is 0 Å². The third-order valence-corrected chi connectivity index (χ3v) is 3.14. The normalized spacial score (nSPS) is 10.7. The molecule has 7 heteroatoms. The van der Waals surface area contributed by atoms with Gasteiger partial charge in [-0.3, -0.25) is 4.99 Å². The number of rotatable bonds is 9. The van der Waals surface area contributed by atoms with Crippen molar-refractivity contribution in [2.75, 3.05) is 47.6 Å². The maximum absolute atomic E-state index is 5.37. The van der Waals surface area contributed by atoms with Crippen molar-refractivity contribution >= 4 is 29.9 Å². The highest BCUT2D eigenvalue weighted by Gasteiger charge is 2.05. The molecule has 0 aliphatic carbocycles. The Bertz CT molecular complexity index is 470. The second-order valence-electron chi connectivity index (χ2n) is 4.55. The van der Waals surface area contributed by atoms with Crippen LogP contribution in [0, 0.1) is 0 Å². The Morgan fingerprint density at radius 2 is 1.87 bits per heavy atom. The van der Waals surface area contributed by atoms with E-state index in [1.807, 2.05) is 25.1 Å². The quantitative estimate of drug-likeness (QED) is 0.268. The van der Waals surface area contributed by atoms with Gasteiger partial charge in [-0.15, -0.1) is 24.0 Å². The van der Waals surface area contributed by atoms with Gasteiger partial charge >= 0.3 is 0 Å². The van der Waals surface area contributed by atoms with Crippen LogP contribution in [0.3, 0.4) is 0 Å². The van der Waals surface area contributed by atoms with Crippen molar-refractivity contribution in [2.45, 2.75) is 13.3 Å². The molecule has 23 heavy (non-hydrogen) atoms. The molecule has 0 atom stereocenters. The van der Waals surface area contributed by atoms with Crippen LogP contribution in [0.5, 0.6) is 11.5 Å². The van der Waals surface area contributed by atoms with Crippen molar-refractivity contribution in [3.63, 3.8) is 0 Å². The first-order valence-corrected chi connectivity index (χ1v) is 7.48. The predicted molar refractivity (Wildman–Crippen MR) is 105 cm³/mol. The molecule has 0 amide bonds. The highest BCUT2D eigenvalue weighted by Crippen LogP contribution is 2.23. The van der Waals surface area contributed by atoms with E-state index >= 15 is 0 Å². The molecule has 0 radical (unpaired) electrons. The molecule has 6 nitrogen and oxygen atoms in total. The maximum Gasteiger partial charge on any atom is 0.191 e. The molecule has 0 unspecified atom stereocenters. The minimum Gasteiger partial charge on any atom is -0.497 e. The number of nitrogens with one attached hydrogen (secondary N) is 2. The van der Waals surface area contributed by atoms with Crippen LogP contribution in [0.25, 0.3) is 0 Å². The molecule has 0 bridgehead atoms. The van der Waals surface area contributed by atoms with E-state index in [1.54, 1.807) is 21.3 Å². The molecule has 0 aliphatic rings. The van der Waals surface area contributed by atoms with Crippen LogP contribution in [0.1, 0.15) is 12.5 Å². The summed E-state index contributed by atoms with van der Waals surface area (Å²) in [6.45, 7) is 4.85. The lowest BCUT2D eigenvalue weighted by atomic mass is 10.1. The van der Waals surface area contributed by atoms with Crippen LogP contribution in [0.15, 0.2) is 23.2 Å². The molecule has 1 aromatic rings. The largest absolute Gasteiger partial charge is 0.497 e. The fraction of sp³-hybridized carbons (Fsp3) is 0.562. The van der Waals surface area contributed by atoms with E-state index in [4.69, 9.17) is 14.2 Å². The van der Waals surface area contributed by atoms with Crippen LogP contribution in [-0.4, -0.2) is 53.5 Å². The molecule has 0 aromatic heterocycles. The lowest BCUT2D eigenvalue weighted by molar-refractivity contribution is 0.152. The Morgan fingerprint density at radius 3 is 2.48 bits per heavy atom. The van der Waals surface area contributed by atoms with Gasteiger partial charge in [0.15, 0.2) is 5.96 Å². The summed E-state index contributed by atoms with van der Waals surface area (Å²) in [6, 6.07) is 5.80. The number of nitrogens with zero attached hydrogens (tertiary/aromatic N) is 1. The number of benzene rings is 1. The summed E-state index contributed by atoms with van der Waals surface area (Å²) in [5.74, 6) is 2.46. The number of ether oxygens (including phenoxy) is 3. The molecule has 0 fully saturated rings. The highest BCUT2D eigenvalue weighted by atomic mass is 127. The van der Waals surface area contributed by atoms with Crippen molar-refractivity contribution in [3.8, 4) is 11.5 Å². The van der Waals surface area contributed by atoms with Crippen LogP contribution in [0.4, 0.5) is 0 Å². The van der Waals surface area contributed by atoms with Crippen molar-refractivity contribution in [1.29, 1.82) is 0 Å². The van der Waals surface area contributed by atoms with Crippen LogP contribution in [0.2, 0.25) is 0 Å². The fourth-order valence-corrected chi connectivity index (χ4v) is 2.00. The van der Waals surface area contributed by atoms with Gasteiger partial charge in [-0.25, -0.2) is 0 Å². The van der Waals surface area contributed by atoms with E-state index in [2.05, 4.69) is 15.6 Å². The van der Waals surface area contributed by atoms with E-state index in [1.165, 1.54) is 0 Å². The SMILES string of the molecule is CCOCCNC(=NC)NCCc1cc(OC)ccc1OC.I. The first-order valence-electron chi connectivity index (χ1n) is 7.48. The number of aliphatic imine (C=N–C) groups is 1. The lowest BCUT2D eigenvalue weighted by Crippen LogP contribution is -2.39. The highest BCUT2D eigenvalue weighted by molar-refractivity contribution is 14.0. The van der Waals surface area contributed by atoms with Crippen molar-refractivity contribution in [2.24, 2.45) is 4.99 Å². The summed E-state index contributed by atoms with van der Waals surface area (Å²) in [5, 5.41) is 6.47. The minimum absolute atomic E-state index is 0. The summed E-state index contributed by atoms with van der Waals surface area (Å²) in [4.78, 5) is 4.18. The monoisotopic (exact) mass is 437 g/mol. The number of methoxy groups -OCH3 is 2. The molecule has 0 saturated heterocycles. The smallest absolute Gasteiger partial charge is 0.191 e. The summed E-state index contributed by atoms with van der Waals surface area (Å²) < 4.78 is 15.9. The molecule has 1 aromatic carbocycles. The minimum atomic E-state index is 0. The Morgan fingerprint density at radius 1 is 1.13 bits per heavy atom. The first-order chi connectivity index (χ1) is 10.7. The van der Waals surface area contributed by atoms with Crippen LogP contribution >= 0.6 is 24.0 Å². The number of halogens is 1. The average molecular weight is 437 g/mol. The van der Waals surface area contributed by atoms with Gasteiger partial charge in [0.25, 0.3) is 0 Å². The summed E-state index contributed by atoms with van der Waals surface area (Å²) >= 11 is 0. The zero-order chi connectivity index (χ0) is 16.2.